The fraction of sp³-hybridized carbons (Fsp3) is 0.417. The van der Waals surface area contributed by atoms with Crippen molar-refractivity contribution in [3.05, 3.63) is 72.1 Å². The third-order valence-corrected chi connectivity index (χ3v) is 5.72. The lowest BCUT2D eigenvalue weighted by molar-refractivity contribution is -0.275. The molecule has 0 aromatic heterocycles. The van der Waals surface area contributed by atoms with Gasteiger partial charge in [-0.05, 0) is 86.3 Å². The van der Waals surface area contributed by atoms with E-state index in [9.17, 15) is 26.3 Å². The smallest absolute Gasteiger partial charge is 0.429 e. The largest absolute Gasteiger partial charge is 0.573 e. The Morgan fingerprint density at radius 3 is 2.12 bits per heavy atom. The summed E-state index contributed by atoms with van der Waals surface area (Å²) in [5.41, 5.74) is 0.119. The van der Waals surface area contributed by atoms with E-state index in [1.165, 1.54) is 12.1 Å². The molecule has 0 heterocycles. The van der Waals surface area contributed by atoms with Gasteiger partial charge in [-0.3, -0.25) is 0 Å². The normalized spacial score (nSPS) is 19.4. The van der Waals surface area contributed by atoms with Crippen LogP contribution in [0.25, 0.3) is 0 Å². The van der Waals surface area contributed by atoms with Crippen molar-refractivity contribution in [3.63, 3.8) is 0 Å². The topological polar surface area (TPSA) is 18.5 Å². The molecule has 1 aliphatic carbocycles. The molecule has 0 N–H and O–H groups in total. The highest BCUT2D eigenvalue weighted by molar-refractivity contribution is 5.33. The van der Waals surface area contributed by atoms with Crippen molar-refractivity contribution in [1.29, 1.82) is 0 Å². The van der Waals surface area contributed by atoms with Crippen LogP contribution < -0.4 is 9.47 Å². The highest BCUT2D eigenvalue weighted by Gasteiger charge is 2.37. The first kappa shape index (κ1) is 24.0. The summed E-state index contributed by atoms with van der Waals surface area (Å²) >= 11 is 0. The van der Waals surface area contributed by atoms with Gasteiger partial charge in [-0.2, -0.15) is 8.78 Å². The lowest BCUT2D eigenvalue weighted by atomic mass is 9.77. The Bertz CT molecular complexity index is 900. The summed E-state index contributed by atoms with van der Waals surface area (Å²) in [5, 5.41) is 0. The molecule has 0 atom stereocenters. The van der Waals surface area contributed by atoms with Crippen LogP contribution in [0.5, 0.6) is 11.5 Å². The fourth-order valence-corrected chi connectivity index (χ4v) is 4.04. The molecule has 0 saturated heterocycles. The van der Waals surface area contributed by atoms with Gasteiger partial charge in [-0.15, -0.1) is 19.8 Å². The van der Waals surface area contributed by atoms with Crippen LogP contribution in [0.2, 0.25) is 0 Å². The van der Waals surface area contributed by atoms with Gasteiger partial charge >= 0.3 is 12.5 Å². The highest BCUT2D eigenvalue weighted by Crippen LogP contribution is 2.39. The van der Waals surface area contributed by atoms with E-state index in [-0.39, 0.29) is 11.8 Å². The predicted molar refractivity (Wildman–Crippen MR) is 108 cm³/mol. The lowest BCUT2D eigenvalue weighted by Crippen LogP contribution is -2.23. The maximum Gasteiger partial charge on any atom is 0.573 e. The first-order valence-corrected chi connectivity index (χ1v) is 10.4. The molecule has 3 rings (SSSR count). The summed E-state index contributed by atoms with van der Waals surface area (Å²) in [5.74, 6) is -1.84. The summed E-state index contributed by atoms with van der Waals surface area (Å²) in [4.78, 5) is 0. The fourth-order valence-electron chi connectivity index (χ4n) is 4.04. The predicted octanol–water partition coefficient (Wildman–Crippen LogP) is 8.09. The maximum absolute atomic E-state index is 14.4. The first-order chi connectivity index (χ1) is 15.1. The number of benzene rings is 2. The number of rotatable bonds is 8. The Kier molecular flexibility index (Phi) is 7.41. The minimum Gasteiger partial charge on any atom is -0.429 e. The van der Waals surface area contributed by atoms with Gasteiger partial charge in [0.1, 0.15) is 5.75 Å². The summed E-state index contributed by atoms with van der Waals surface area (Å²) in [7, 11) is 0. The number of alkyl halides is 5. The number of hydrogen-bond donors (Lipinski definition) is 0. The summed E-state index contributed by atoms with van der Waals surface area (Å²) in [6.07, 6.45) is -0.689. The molecule has 2 aromatic rings. The molecule has 0 bridgehead atoms. The van der Waals surface area contributed by atoms with Crippen LogP contribution in [-0.2, 0) is 6.11 Å². The van der Waals surface area contributed by atoms with Crippen LogP contribution in [0.4, 0.5) is 26.3 Å². The summed E-state index contributed by atoms with van der Waals surface area (Å²) in [6.45, 7) is 3.75. The molecule has 8 heteroatoms. The molecule has 0 aliphatic heterocycles. The molecule has 0 amide bonds. The van der Waals surface area contributed by atoms with Gasteiger partial charge in [0, 0.05) is 0 Å². The Balaban J connectivity index is 1.62. The van der Waals surface area contributed by atoms with Crippen LogP contribution in [0.1, 0.15) is 55.6 Å². The van der Waals surface area contributed by atoms with E-state index >= 15 is 0 Å². The van der Waals surface area contributed by atoms with Crippen LogP contribution in [0, 0.1) is 11.7 Å². The van der Waals surface area contributed by atoms with Crippen LogP contribution in [0.15, 0.2) is 55.1 Å². The van der Waals surface area contributed by atoms with Crippen molar-refractivity contribution >= 4 is 0 Å². The molecule has 1 aliphatic rings. The molecular formula is C24H24F6O2. The Hall–Kier alpha value is -2.64. The van der Waals surface area contributed by atoms with Crippen molar-refractivity contribution in [2.45, 2.75) is 56.9 Å². The average molecular weight is 458 g/mol. The van der Waals surface area contributed by atoms with Crippen molar-refractivity contribution in [1.82, 2.24) is 0 Å². The van der Waals surface area contributed by atoms with Gasteiger partial charge in [0.25, 0.3) is 0 Å². The molecule has 1 fully saturated rings. The van der Waals surface area contributed by atoms with E-state index in [2.05, 4.69) is 11.3 Å². The van der Waals surface area contributed by atoms with Gasteiger partial charge in [-0.1, -0.05) is 18.2 Å². The summed E-state index contributed by atoms with van der Waals surface area (Å²) < 4.78 is 87.5. The van der Waals surface area contributed by atoms with E-state index < -0.39 is 29.6 Å². The van der Waals surface area contributed by atoms with Crippen molar-refractivity contribution in [2.24, 2.45) is 5.92 Å². The van der Waals surface area contributed by atoms with E-state index in [1.807, 2.05) is 6.08 Å². The van der Waals surface area contributed by atoms with E-state index in [0.29, 0.717) is 24.0 Å². The van der Waals surface area contributed by atoms with E-state index in [1.54, 1.807) is 12.1 Å². The molecule has 2 nitrogen and oxygen atoms in total. The number of hydrogen-bond acceptors (Lipinski definition) is 2. The Morgan fingerprint density at radius 1 is 0.906 bits per heavy atom. The SMILES string of the molecule is C=CCCC1CCC(c2ccc(OC(F)(F)c3ccc(OC(F)(F)F)c(F)c3)cc2)CC1. The van der Waals surface area contributed by atoms with Gasteiger partial charge in [-0.25, -0.2) is 4.39 Å². The minimum atomic E-state index is -5.13. The molecule has 1 saturated carbocycles. The molecule has 0 spiro atoms. The van der Waals surface area contributed by atoms with E-state index in [0.717, 1.165) is 44.1 Å². The quantitative estimate of drug-likeness (QED) is 0.294. The molecule has 2 aromatic carbocycles. The average Bonchev–Trinajstić information content (AvgIpc) is 2.73. The first-order valence-electron chi connectivity index (χ1n) is 10.4. The monoisotopic (exact) mass is 458 g/mol. The number of allylic oxidation sites excluding steroid dienone is 1. The lowest BCUT2D eigenvalue weighted by Gasteiger charge is -2.28. The van der Waals surface area contributed by atoms with Gasteiger partial charge in [0.15, 0.2) is 11.6 Å². The van der Waals surface area contributed by atoms with Crippen molar-refractivity contribution in [2.75, 3.05) is 0 Å². The zero-order chi connectivity index (χ0) is 23.4. The molecule has 174 valence electrons. The van der Waals surface area contributed by atoms with Crippen molar-refractivity contribution < 1.29 is 35.8 Å². The molecule has 0 unspecified atom stereocenters. The summed E-state index contributed by atoms with van der Waals surface area (Å²) in [6, 6.07) is 7.70. The van der Waals surface area contributed by atoms with Gasteiger partial charge in [0.2, 0.25) is 0 Å². The van der Waals surface area contributed by atoms with E-state index in [4.69, 9.17) is 4.74 Å². The second-order valence-corrected chi connectivity index (χ2v) is 7.96. The Labute approximate surface area is 182 Å². The number of ether oxygens (including phenoxy) is 2. The maximum atomic E-state index is 14.4. The standard InChI is InChI=1S/C24H24F6O2/c1-2-3-4-16-5-7-17(8-6-16)18-9-12-20(13-10-18)31-23(26,27)19-11-14-22(21(25)15-19)32-24(28,29)30/h2,9-17H,1,3-8H2. The van der Waals surface area contributed by atoms with Crippen LogP contribution in [-0.4, -0.2) is 6.36 Å². The molecular weight excluding hydrogens is 434 g/mol. The minimum absolute atomic E-state index is 0.130. The van der Waals surface area contributed by atoms with Crippen molar-refractivity contribution in [3.8, 4) is 11.5 Å². The second kappa shape index (κ2) is 9.88. The van der Waals surface area contributed by atoms with Crippen LogP contribution >= 0.6 is 0 Å². The van der Waals surface area contributed by atoms with Crippen LogP contribution in [0.3, 0.4) is 0 Å². The third kappa shape index (κ3) is 6.43. The highest BCUT2D eigenvalue weighted by atomic mass is 19.4. The van der Waals surface area contributed by atoms with Gasteiger partial charge in [0.05, 0.1) is 5.56 Å². The zero-order valence-corrected chi connectivity index (χ0v) is 17.3. The molecule has 0 radical (unpaired) electrons. The Morgan fingerprint density at radius 2 is 1.56 bits per heavy atom. The zero-order valence-electron chi connectivity index (χ0n) is 17.3. The van der Waals surface area contributed by atoms with Gasteiger partial charge < -0.3 is 9.47 Å². The third-order valence-electron chi connectivity index (χ3n) is 5.72. The second-order valence-electron chi connectivity index (χ2n) is 7.96. The molecule has 32 heavy (non-hydrogen) atoms. The number of halogens is 6.